The summed E-state index contributed by atoms with van der Waals surface area (Å²) in [5, 5.41) is 8.75. The number of nitrogens with one attached hydrogen (secondary N) is 1. The number of para-hydroxylation sites is 3. The topological polar surface area (TPSA) is 21.9 Å². The van der Waals surface area contributed by atoms with E-state index in [1.165, 1.54) is 60.4 Å². The fourth-order valence-corrected chi connectivity index (χ4v) is 6.39. The Morgan fingerprint density at radius 2 is 1.02 bits per heavy atom. The maximum absolute atomic E-state index is 3.63. The highest BCUT2D eigenvalue weighted by atomic mass is 15.0. The monoisotopic (exact) mass is 527 g/mol. The molecule has 0 unspecified atom stereocenters. The smallest absolute Gasteiger partial charge is 0.0541 e. The van der Waals surface area contributed by atoms with Gasteiger partial charge in [-0.2, -0.15) is 0 Å². The van der Waals surface area contributed by atoms with Crippen LogP contribution in [0.25, 0.3) is 60.4 Å². The number of hydrogen-bond donors (Lipinski definition) is 1. The van der Waals surface area contributed by atoms with E-state index in [2.05, 4.69) is 161 Å². The molecule has 0 saturated heterocycles. The van der Waals surface area contributed by atoms with E-state index in [0.717, 1.165) is 17.9 Å². The third-order valence-electron chi connectivity index (χ3n) is 8.28. The zero-order chi connectivity index (χ0) is 27.3. The number of rotatable bonds is 5. The summed E-state index contributed by atoms with van der Waals surface area (Å²) in [6.45, 7) is 3.16. The number of hydrogen-bond acceptors (Lipinski definition) is 1. The lowest BCUT2D eigenvalue weighted by Gasteiger charge is -2.10. The molecule has 196 valence electrons. The second-order valence-corrected chi connectivity index (χ2v) is 10.6. The van der Waals surface area contributed by atoms with Crippen molar-refractivity contribution in [3.63, 3.8) is 0 Å². The number of benzene rings is 6. The average Bonchev–Trinajstić information content (AvgIpc) is 3.54. The molecule has 0 amide bonds. The first-order chi connectivity index (χ1) is 20.3. The number of fused-ring (bicyclic) bond motifs is 6. The lowest BCUT2D eigenvalue weighted by molar-refractivity contribution is 0.827. The van der Waals surface area contributed by atoms with Gasteiger partial charge in [-0.15, -0.1) is 0 Å². The first kappa shape index (κ1) is 23.6. The highest BCUT2D eigenvalue weighted by molar-refractivity contribution is 6.11. The van der Waals surface area contributed by atoms with Gasteiger partial charge < -0.3 is 14.5 Å². The van der Waals surface area contributed by atoms with Crippen LogP contribution in [0.3, 0.4) is 0 Å². The Labute approximate surface area is 238 Å². The molecule has 3 nitrogen and oxygen atoms in total. The van der Waals surface area contributed by atoms with Crippen LogP contribution >= 0.6 is 0 Å². The van der Waals surface area contributed by atoms with E-state index in [4.69, 9.17) is 0 Å². The minimum atomic E-state index is 0.955. The first-order valence-electron chi connectivity index (χ1n) is 14.3. The number of nitrogens with zero attached hydrogens (tertiary/aromatic N) is 2. The molecule has 0 bridgehead atoms. The van der Waals surface area contributed by atoms with E-state index in [1.54, 1.807) is 0 Å². The predicted octanol–water partition coefficient (Wildman–Crippen LogP) is 10.3. The van der Waals surface area contributed by atoms with Crippen molar-refractivity contribution in [3.8, 4) is 16.8 Å². The molecule has 41 heavy (non-hydrogen) atoms. The minimum absolute atomic E-state index is 0.955. The zero-order valence-corrected chi connectivity index (χ0v) is 22.9. The summed E-state index contributed by atoms with van der Waals surface area (Å²) in [5.41, 5.74) is 10.8. The van der Waals surface area contributed by atoms with Crippen LogP contribution in [0, 0.1) is 0 Å². The van der Waals surface area contributed by atoms with Crippen LogP contribution in [0.2, 0.25) is 0 Å². The third kappa shape index (κ3) is 3.81. The molecule has 0 aliphatic carbocycles. The number of aromatic nitrogens is 2. The maximum Gasteiger partial charge on any atom is 0.0541 e. The summed E-state index contributed by atoms with van der Waals surface area (Å²) < 4.78 is 4.74. The fourth-order valence-electron chi connectivity index (χ4n) is 6.39. The summed E-state index contributed by atoms with van der Waals surface area (Å²) >= 11 is 0. The van der Waals surface area contributed by atoms with E-state index >= 15 is 0 Å². The summed E-state index contributed by atoms with van der Waals surface area (Å²) in [6.07, 6.45) is 0. The summed E-state index contributed by atoms with van der Waals surface area (Å²) in [7, 11) is 0. The van der Waals surface area contributed by atoms with Crippen LogP contribution < -0.4 is 5.32 Å². The molecular formula is C38H29N3. The van der Waals surface area contributed by atoms with Gasteiger partial charge in [-0.1, -0.05) is 72.8 Å². The van der Waals surface area contributed by atoms with Gasteiger partial charge in [-0.25, -0.2) is 0 Å². The van der Waals surface area contributed by atoms with Crippen molar-refractivity contribution in [2.45, 2.75) is 13.5 Å². The van der Waals surface area contributed by atoms with Crippen molar-refractivity contribution in [1.82, 2.24) is 9.13 Å². The van der Waals surface area contributed by atoms with Gasteiger partial charge >= 0.3 is 0 Å². The molecule has 3 heteroatoms. The van der Waals surface area contributed by atoms with Crippen molar-refractivity contribution < 1.29 is 0 Å². The Hall–Kier alpha value is -5.28. The molecule has 0 aliphatic rings. The van der Waals surface area contributed by atoms with Crippen LogP contribution in [0.15, 0.2) is 140 Å². The van der Waals surface area contributed by atoms with Crippen molar-refractivity contribution in [3.05, 3.63) is 140 Å². The van der Waals surface area contributed by atoms with E-state index in [0.29, 0.717) is 0 Å². The van der Waals surface area contributed by atoms with E-state index in [9.17, 15) is 0 Å². The lowest BCUT2D eigenvalue weighted by atomic mass is 10.0. The number of anilines is 2. The van der Waals surface area contributed by atoms with E-state index in [1.807, 2.05) is 0 Å². The highest BCUT2D eigenvalue weighted by Gasteiger charge is 2.13. The molecule has 2 aromatic heterocycles. The molecule has 6 aromatic carbocycles. The molecular weight excluding hydrogens is 498 g/mol. The van der Waals surface area contributed by atoms with Crippen molar-refractivity contribution in [2.75, 3.05) is 5.32 Å². The van der Waals surface area contributed by atoms with Crippen molar-refractivity contribution in [2.24, 2.45) is 0 Å². The molecule has 0 atom stereocenters. The average molecular weight is 528 g/mol. The van der Waals surface area contributed by atoms with Gasteiger partial charge in [0, 0.05) is 56.2 Å². The zero-order valence-electron chi connectivity index (χ0n) is 22.9. The molecule has 0 aliphatic heterocycles. The van der Waals surface area contributed by atoms with Gasteiger partial charge in [-0.3, -0.25) is 0 Å². The highest BCUT2D eigenvalue weighted by Crippen LogP contribution is 2.36. The Bertz CT molecular complexity index is 2200. The Balaban J connectivity index is 1.14. The van der Waals surface area contributed by atoms with E-state index in [-0.39, 0.29) is 0 Å². The maximum atomic E-state index is 3.63. The molecule has 0 saturated carbocycles. The Morgan fingerprint density at radius 3 is 1.80 bits per heavy atom. The van der Waals surface area contributed by atoms with Crippen LogP contribution in [0.1, 0.15) is 6.92 Å². The van der Waals surface area contributed by atoms with Gasteiger partial charge in [-0.05, 0) is 84.8 Å². The normalized spacial score (nSPS) is 11.6. The van der Waals surface area contributed by atoms with Crippen molar-refractivity contribution >= 4 is 55.0 Å². The van der Waals surface area contributed by atoms with Crippen LogP contribution in [-0.4, -0.2) is 9.13 Å². The second kappa shape index (κ2) is 9.42. The predicted molar refractivity (Wildman–Crippen MR) is 175 cm³/mol. The molecule has 0 fully saturated rings. The quantitative estimate of drug-likeness (QED) is 0.236. The molecule has 8 rings (SSSR count). The lowest BCUT2D eigenvalue weighted by Crippen LogP contribution is -1.93. The molecule has 0 spiro atoms. The summed E-state index contributed by atoms with van der Waals surface area (Å²) in [6, 6.07) is 50.2. The van der Waals surface area contributed by atoms with Crippen LogP contribution in [-0.2, 0) is 6.54 Å². The van der Waals surface area contributed by atoms with Gasteiger partial charge in [0.1, 0.15) is 0 Å². The molecule has 2 heterocycles. The minimum Gasteiger partial charge on any atom is -0.356 e. The molecule has 8 aromatic rings. The standard InChI is InChI=1S/C38H29N3/c1-2-40-35-14-8-6-12-31(35)34-25-29(21-23-36(34)40)39-28-19-16-26(17-20-28)27-18-22-38-33(24-27)32-13-7-9-15-37(32)41(38)30-10-4-3-5-11-30/h3-25,39H,2H2,1H3. The van der Waals surface area contributed by atoms with Gasteiger partial charge in [0.05, 0.1) is 11.0 Å². The number of aryl methyl sites for hydroxylation is 1. The molecule has 0 radical (unpaired) electrons. The van der Waals surface area contributed by atoms with Gasteiger partial charge in [0.2, 0.25) is 0 Å². The second-order valence-electron chi connectivity index (χ2n) is 10.6. The van der Waals surface area contributed by atoms with Gasteiger partial charge in [0.15, 0.2) is 0 Å². The van der Waals surface area contributed by atoms with E-state index < -0.39 is 0 Å². The third-order valence-corrected chi connectivity index (χ3v) is 8.28. The SMILES string of the molecule is CCn1c2ccccc2c2cc(Nc3ccc(-c4ccc5c(c4)c4ccccc4n5-c4ccccc4)cc3)ccc21. The summed E-state index contributed by atoms with van der Waals surface area (Å²) in [4.78, 5) is 0. The first-order valence-corrected chi connectivity index (χ1v) is 14.3. The molecule has 1 N–H and O–H groups in total. The Kier molecular flexibility index (Phi) is 5.42. The largest absolute Gasteiger partial charge is 0.356 e. The Morgan fingerprint density at radius 1 is 0.463 bits per heavy atom. The van der Waals surface area contributed by atoms with Crippen LogP contribution in [0.4, 0.5) is 11.4 Å². The summed E-state index contributed by atoms with van der Waals surface area (Å²) in [5.74, 6) is 0. The fraction of sp³-hybridized carbons (Fsp3) is 0.0526. The van der Waals surface area contributed by atoms with Gasteiger partial charge in [0.25, 0.3) is 0 Å². The van der Waals surface area contributed by atoms with Crippen LogP contribution in [0.5, 0.6) is 0 Å². The van der Waals surface area contributed by atoms with Crippen molar-refractivity contribution in [1.29, 1.82) is 0 Å².